The Bertz CT molecular complexity index is 1860. The zero-order valence-corrected chi connectivity index (χ0v) is 22.0. The first-order chi connectivity index (χ1) is 18.6. The van der Waals surface area contributed by atoms with Crippen molar-refractivity contribution >= 4 is 49.4 Å². The van der Waals surface area contributed by atoms with E-state index in [0.717, 1.165) is 65.5 Å². The molecular weight excluding hydrogens is 486 g/mol. The molecule has 3 heterocycles. The van der Waals surface area contributed by atoms with Gasteiger partial charge in [0.15, 0.2) is 0 Å². The fourth-order valence-corrected chi connectivity index (χ4v) is 6.06. The summed E-state index contributed by atoms with van der Waals surface area (Å²) in [6, 6.07) is 28.9. The van der Waals surface area contributed by atoms with Crippen LogP contribution in [0, 0.1) is 0 Å². The number of aliphatic imine (C=N–C) groups is 1. The van der Waals surface area contributed by atoms with Crippen LogP contribution in [-0.4, -0.2) is 15.3 Å². The molecule has 38 heavy (non-hydrogen) atoms. The molecule has 0 fully saturated rings. The molecule has 0 saturated carbocycles. The number of allylic oxidation sites excluding steroid dienone is 1. The summed E-state index contributed by atoms with van der Waals surface area (Å²) >= 11 is 1.67. The highest BCUT2D eigenvalue weighted by molar-refractivity contribution is 7.23. The monoisotopic (exact) mass is 513 g/mol. The van der Waals surface area contributed by atoms with Gasteiger partial charge >= 0.3 is 0 Å². The van der Waals surface area contributed by atoms with Crippen molar-refractivity contribution in [3.8, 4) is 27.5 Å². The molecule has 4 N–H and O–H groups in total. The summed E-state index contributed by atoms with van der Waals surface area (Å²) in [6.07, 6.45) is 5.55. The van der Waals surface area contributed by atoms with Crippen molar-refractivity contribution < 1.29 is 0 Å². The third kappa shape index (κ3) is 3.96. The molecule has 6 rings (SSSR count). The van der Waals surface area contributed by atoms with Crippen LogP contribution in [0.1, 0.15) is 19.4 Å². The van der Waals surface area contributed by atoms with Gasteiger partial charge in [0, 0.05) is 44.8 Å². The van der Waals surface area contributed by atoms with Gasteiger partial charge in [0.2, 0.25) is 0 Å². The quantitative estimate of drug-likeness (QED) is 0.229. The topological polar surface area (TPSA) is 82.2 Å². The highest BCUT2D eigenvalue weighted by Gasteiger charge is 2.23. The van der Waals surface area contributed by atoms with Gasteiger partial charge in [0.1, 0.15) is 0 Å². The number of benzene rings is 3. The number of anilines is 2. The average Bonchev–Trinajstić information content (AvgIpc) is 3.45. The lowest BCUT2D eigenvalue weighted by atomic mass is 10.0. The third-order valence-corrected chi connectivity index (χ3v) is 7.93. The van der Waals surface area contributed by atoms with E-state index in [1.807, 2.05) is 74.8 Å². The Labute approximate surface area is 225 Å². The number of hydrogen-bond acceptors (Lipinski definition) is 5. The van der Waals surface area contributed by atoms with Crippen LogP contribution in [0.5, 0.6) is 0 Å². The second-order valence-electron chi connectivity index (χ2n) is 9.14. The Morgan fingerprint density at radius 3 is 2.42 bits per heavy atom. The lowest BCUT2D eigenvalue weighted by Crippen LogP contribution is -2.03. The van der Waals surface area contributed by atoms with Gasteiger partial charge < -0.3 is 16.0 Å². The number of hydrogen-bond donors (Lipinski definition) is 2. The number of nitrogen functional groups attached to an aromatic ring is 2. The van der Waals surface area contributed by atoms with E-state index in [4.69, 9.17) is 11.5 Å². The van der Waals surface area contributed by atoms with Crippen LogP contribution in [0.15, 0.2) is 108 Å². The normalized spacial score (nSPS) is 12.2. The van der Waals surface area contributed by atoms with Crippen LogP contribution in [-0.2, 0) is 0 Å². The Hall–Kier alpha value is -4.68. The van der Waals surface area contributed by atoms with Crippen molar-refractivity contribution in [2.24, 2.45) is 4.99 Å². The molecule has 186 valence electrons. The fourth-order valence-electron chi connectivity index (χ4n) is 4.89. The van der Waals surface area contributed by atoms with Crippen molar-refractivity contribution in [3.05, 3.63) is 109 Å². The first-order valence-electron chi connectivity index (χ1n) is 12.5. The molecule has 3 aromatic heterocycles. The van der Waals surface area contributed by atoms with Crippen LogP contribution < -0.4 is 11.5 Å². The van der Waals surface area contributed by atoms with Crippen molar-refractivity contribution in [3.63, 3.8) is 0 Å². The fraction of sp³-hybridized carbons (Fsp3) is 0.0625. The van der Waals surface area contributed by atoms with Gasteiger partial charge in [-0.15, -0.1) is 11.3 Å². The molecule has 6 heteroatoms. The molecule has 0 aliphatic carbocycles. The highest BCUT2D eigenvalue weighted by atomic mass is 32.1. The van der Waals surface area contributed by atoms with Gasteiger partial charge in [-0.3, -0.25) is 9.98 Å². The Balaban J connectivity index is 1.70. The zero-order chi connectivity index (χ0) is 26.2. The molecule has 0 saturated heterocycles. The number of nitrogens with two attached hydrogens (primary N) is 2. The van der Waals surface area contributed by atoms with E-state index >= 15 is 0 Å². The Morgan fingerprint density at radius 2 is 1.66 bits per heavy atom. The van der Waals surface area contributed by atoms with E-state index in [9.17, 15) is 0 Å². The molecule has 0 aliphatic rings. The number of para-hydroxylation sites is 1. The maximum Gasteiger partial charge on any atom is 0.0894 e. The molecule has 3 aromatic carbocycles. The Kier molecular flexibility index (Phi) is 6.02. The molecule has 0 bridgehead atoms. The predicted molar refractivity (Wildman–Crippen MR) is 163 cm³/mol. The SMILES string of the molecule is C/C=C\N=C(C)c1cc(-c2ccccn2)cc(-n2c(-c3sc4ccccc4c3N)c(N)c3ccccc32)c1. The molecule has 6 aromatic rings. The van der Waals surface area contributed by atoms with E-state index in [-0.39, 0.29) is 0 Å². The molecule has 0 spiro atoms. The van der Waals surface area contributed by atoms with E-state index in [2.05, 4.69) is 57.0 Å². The zero-order valence-electron chi connectivity index (χ0n) is 21.2. The third-order valence-electron chi connectivity index (χ3n) is 6.73. The van der Waals surface area contributed by atoms with Crippen molar-refractivity contribution in [2.75, 3.05) is 11.5 Å². The maximum atomic E-state index is 6.90. The van der Waals surface area contributed by atoms with Crippen LogP contribution in [0.2, 0.25) is 0 Å². The minimum atomic E-state index is 0.711. The number of rotatable bonds is 5. The van der Waals surface area contributed by atoms with Crippen molar-refractivity contribution in [1.82, 2.24) is 9.55 Å². The molecule has 0 radical (unpaired) electrons. The first kappa shape index (κ1) is 23.7. The number of thiophene rings is 1. The summed E-state index contributed by atoms with van der Waals surface area (Å²) in [5.41, 5.74) is 21.8. The van der Waals surface area contributed by atoms with E-state index in [1.54, 1.807) is 11.3 Å². The van der Waals surface area contributed by atoms with Gasteiger partial charge in [-0.05, 0) is 61.9 Å². The average molecular weight is 514 g/mol. The van der Waals surface area contributed by atoms with E-state index < -0.39 is 0 Å². The maximum absolute atomic E-state index is 6.90. The number of fused-ring (bicyclic) bond motifs is 2. The summed E-state index contributed by atoms with van der Waals surface area (Å²) in [4.78, 5) is 10.2. The number of aromatic nitrogens is 2. The van der Waals surface area contributed by atoms with Gasteiger partial charge in [-0.25, -0.2) is 0 Å². The minimum absolute atomic E-state index is 0.711. The molecular formula is C32H27N5S. The summed E-state index contributed by atoms with van der Waals surface area (Å²) in [5, 5.41) is 2.03. The van der Waals surface area contributed by atoms with E-state index in [0.29, 0.717) is 5.69 Å². The van der Waals surface area contributed by atoms with Crippen molar-refractivity contribution in [1.29, 1.82) is 0 Å². The van der Waals surface area contributed by atoms with Crippen LogP contribution in [0.25, 0.3) is 48.5 Å². The second-order valence-corrected chi connectivity index (χ2v) is 10.2. The number of nitrogens with zero attached hydrogens (tertiary/aromatic N) is 3. The van der Waals surface area contributed by atoms with Crippen LogP contribution in [0.4, 0.5) is 11.4 Å². The van der Waals surface area contributed by atoms with Crippen molar-refractivity contribution in [2.45, 2.75) is 13.8 Å². The molecule has 0 aliphatic heterocycles. The van der Waals surface area contributed by atoms with E-state index in [1.165, 1.54) is 0 Å². The molecule has 0 amide bonds. The summed E-state index contributed by atoms with van der Waals surface area (Å²) in [6.45, 7) is 3.98. The van der Waals surface area contributed by atoms with Gasteiger partial charge in [0.25, 0.3) is 0 Å². The largest absolute Gasteiger partial charge is 0.397 e. The summed E-state index contributed by atoms with van der Waals surface area (Å²) in [5.74, 6) is 0. The predicted octanol–water partition coefficient (Wildman–Crippen LogP) is 8.08. The summed E-state index contributed by atoms with van der Waals surface area (Å²) < 4.78 is 3.36. The van der Waals surface area contributed by atoms with Crippen LogP contribution >= 0.6 is 11.3 Å². The number of pyridine rings is 1. The standard InChI is InChI=1S/C32H27N5S/c1-3-15-35-20(2)21-17-22(26-12-8-9-16-36-26)19-23(18-21)37-27-13-6-4-10-24(27)29(33)31(37)32-30(34)25-11-5-7-14-28(25)38-32/h3-19H,33-34H2,1-2H3/b15-3-,35-20?. The second kappa shape index (κ2) is 9.65. The van der Waals surface area contributed by atoms with Gasteiger partial charge in [-0.1, -0.05) is 48.5 Å². The van der Waals surface area contributed by atoms with Gasteiger partial charge in [-0.2, -0.15) is 0 Å². The molecule has 0 unspecified atom stereocenters. The highest BCUT2D eigenvalue weighted by Crippen LogP contribution is 2.47. The minimum Gasteiger partial charge on any atom is -0.397 e. The summed E-state index contributed by atoms with van der Waals surface area (Å²) in [7, 11) is 0. The smallest absolute Gasteiger partial charge is 0.0894 e. The lowest BCUT2D eigenvalue weighted by Gasteiger charge is -2.15. The molecule has 5 nitrogen and oxygen atoms in total. The van der Waals surface area contributed by atoms with Gasteiger partial charge in [0.05, 0.1) is 33.2 Å². The molecule has 0 atom stereocenters. The Morgan fingerprint density at radius 1 is 0.895 bits per heavy atom. The first-order valence-corrected chi connectivity index (χ1v) is 13.3. The van der Waals surface area contributed by atoms with Crippen LogP contribution in [0.3, 0.4) is 0 Å². The lowest BCUT2D eigenvalue weighted by molar-refractivity contribution is 1.14.